The van der Waals surface area contributed by atoms with Crippen LogP contribution in [0.25, 0.3) is 6.08 Å². The summed E-state index contributed by atoms with van der Waals surface area (Å²) in [5, 5.41) is 0. The van der Waals surface area contributed by atoms with Crippen molar-refractivity contribution < 1.29 is 22.2 Å². The molecule has 1 aromatic rings. The van der Waals surface area contributed by atoms with Gasteiger partial charge in [0.15, 0.2) is 10.8 Å². The van der Waals surface area contributed by atoms with E-state index < -0.39 is 16.3 Å². The van der Waals surface area contributed by atoms with Crippen LogP contribution in [-0.2, 0) is 15.6 Å². The first-order valence-electron chi connectivity index (χ1n) is 4.15. The van der Waals surface area contributed by atoms with Gasteiger partial charge in [0.25, 0.3) is 0 Å². The van der Waals surface area contributed by atoms with E-state index in [2.05, 4.69) is 0 Å². The van der Waals surface area contributed by atoms with E-state index >= 15 is 0 Å². The summed E-state index contributed by atoms with van der Waals surface area (Å²) >= 11 is 0. The van der Waals surface area contributed by atoms with Crippen molar-refractivity contribution in [3.63, 3.8) is 0 Å². The smallest absolute Gasteiger partial charge is 0.299 e. The standard InChI is InChI=1S/C10H7F3O2S/c11-10(12,13)16(15)9-5-1-3-8(7-9)4-2-6-14/h1-7H. The van der Waals surface area contributed by atoms with Gasteiger partial charge in [-0.3, -0.25) is 4.79 Å². The zero-order chi connectivity index (χ0) is 12.2. The lowest BCUT2D eigenvalue weighted by molar-refractivity contribution is -0.104. The highest BCUT2D eigenvalue weighted by atomic mass is 32.2. The van der Waals surface area contributed by atoms with Gasteiger partial charge in [0.2, 0.25) is 0 Å². The topological polar surface area (TPSA) is 34.1 Å². The number of carbonyl (C=O) groups is 1. The second-order valence-electron chi connectivity index (χ2n) is 2.78. The molecule has 1 unspecified atom stereocenters. The lowest BCUT2D eigenvalue weighted by Crippen LogP contribution is -2.16. The predicted molar refractivity (Wildman–Crippen MR) is 54.0 cm³/mol. The maximum Gasteiger partial charge on any atom is 0.475 e. The minimum absolute atomic E-state index is 0.333. The molecule has 0 radical (unpaired) electrons. The van der Waals surface area contributed by atoms with Crippen LogP contribution < -0.4 is 0 Å². The molecule has 0 aromatic heterocycles. The van der Waals surface area contributed by atoms with Crippen molar-refractivity contribution in [2.45, 2.75) is 10.4 Å². The summed E-state index contributed by atoms with van der Waals surface area (Å²) in [5.41, 5.74) is -4.38. The van der Waals surface area contributed by atoms with E-state index in [4.69, 9.17) is 0 Å². The van der Waals surface area contributed by atoms with Crippen molar-refractivity contribution in [1.82, 2.24) is 0 Å². The van der Waals surface area contributed by atoms with Crippen LogP contribution in [0.15, 0.2) is 35.2 Å². The molecule has 1 atom stereocenters. The van der Waals surface area contributed by atoms with E-state index in [1.807, 2.05) is 0 Å². The Hall–Kier alpha value is -1.43. The summed E-state index contributed by atoms with van der Waals surface area (Å²) in [4.78, 5) is 9.70. The summed E-state index contributed by atoms with van der Waals surface area (Å²) in [6.07, 6.45) is 2.99. The Morgan fingerprint density at radius 3 is 2.50 bits per heavy atom. The van der Waals surface area contributed by atoms with Crippen molar-refractivity contribution in [2.24, 2.45) is 0 Å². The highest BCUT2D eigenvalue weighted by molar-refractivity contribution is 7.86. The molecule has 86 valence electrons. The Kier molecular flexibility index (Phi) is 4.00. The molecule has 0 heterocycles. The van der Waals surface area contributed by atoms with Crippen LogP contribution in [0, 0.1) is 0 Å². The molecule has 16 heavy (non-hydrogen) atoms. The van der Waals surface area contributed by atoms with Crippen LogP contribution in [0.4, 0.5) is 13.2 Å². The van der Waals surface area contributed by atoms with Crippen molar-refractivity contribution in [3.05, 3.63) is 35.9 Å². The summed E-state index contributed by atoms with van der Waals surface area (Å²) in [6.45, 7) is 0. The summed E-state index contributed by atoms with van der Waals surface area (Å²) in [7, 11) is -3.04. The molecule has 0 aliphatic heterocycles. The number of benzene rings is 1. The van der Waals surface area contributed by atoms with Gasteiger partial charge < -0.3 is 0 Å². The molecule has 0 N–H and O–H groups in total. The van der Waals surface area contributed by atoms with Gasteiger partial charge in [0, 0.05) is 4.90 Å². The van der Waals surface area contributed by atoms with E-state index in [1.54, 1.807) is 0 Å². The molecule has 0 spiro atoms. The number of rotatable bonds is 3. The van der Waals surface area contributed by atoms with Gasteiger partial charge in [-0.2, -0.15) is 13.2 Å². The number of allylic oxidation sites excluding steroid dienone is 1. The second kappa shape index (κ2) is 5.07. The van der Waals surface area contributed by atoms with Gasteiger partial charge in [0.1, 0.15) is 6.29 Å². The number of hydrogen-bond donors (Lipinski definition) is 0. The lowest BCUT2D eigenvalue weighted by atomic mass is 10.2. The van der Waals surface area contributed by atoms with E-state index in [-0.39, 0.29) is 4.90 Å². The van der Waals surface area contributed by atoms with E-state index in [0.717, 1.165) is 18.2 Å². The van der Waals surface area contributed by atoms with Crippen LogP contribution in [0.1, 0.15) is 5.56 Å². The fourth-order valence-electron chi connectivity index (χ4n) is 1.02. The van der Waals surface area contributed by atoms with Gasteiger partial charge in [0.05, 0.1) is 0 Å². The fraction of sp³-hybridized carbons (Fsp3) is 0.100. The molecule has 1 aromatic carbocycles. The van der Waals surface area contributed by atoms with Gasteiger partial charge in [-0.15, -0.1) is 0 Å². The van der Waals surface area contributed by atoms with Crippen LogP contribution in [0.5, 0.6) is 0 Å². The predicted octanol–water partition coefficient (Wildman–Crippen LogP) is 2.53. The molecule has 2 nitrogen and oxygen atoms in total. The first-order valence-corrected chi connectivity index (χ1v) is 5.30. The first kappa shape index (κ1) is 12.6. The number of aldehydes is 1. The molecule has 0 aliphatic carbocycles. The average Bonchev–Trinajstić information content (AvgIpc) is 2.24. The Balaban J connectivity index is 3.03. The van der Waals surface area contributed by atoms with Crippen LogP contribution in [-0.4, -0.2) is 16.0 Å². The monoisotopic (exact) mass is 248 g/mol. The van der Waals surface area contributed by atoms with Crippen molar-refractivity contribution in [3.8, 4) is 0 Å². The largest absolute Gasteiger partial charge is 0.475 e. The molecule has 0 saturated heterocycles. The molecule has 0 bridgehead atoms. The molecule has 1 rings (SSSR count). The molecular formula is C10H7F3O2S. The van der Waals surface area contributed by atoms with Crippen molar-refractivity contribution in [2.75, 3.05) is 0 Å². The summed E-state index contributed by atoms with van der Waals surface area (Å²) < 4.78 is 47.4. The zero-order valence-corrected chi connectivity index (χ0v) is 8.72. The van der Waals surface area contributed by atoms with Gasteiger partial charge in [-0.25, -0.2) is 4.21 Å². The minimum Gasteiger partial charge on any atom is -0.299 e. The zero-order valence-electron chi connectivity index (χ0n) is 7.90. The van der Waals surface area contributed by atoms with Gasteiger partial charge >= 0.3 is 5.51 Å². The Morgan fingerprint density at radius 1 is 1.25 bits per heavy atom. The Morgan fingerprint density at radius 2 is 1.94 bits per heavy atom. The van der Waals surface area contributed by atoms with Crippen molar-refractivity contribution in [1.29, 1.82) is 0 Å². The molecule has 0 saturated carbocycles. The van der Waals surface area contributed by atoms with Crippen LogP contribution in [0.2, 0.25) is 0 Å². The van der Waals surface area contributed by atoms with Crippen LogP contribution >= 0.6 is 0 Å². The van der Waals surface area contributed by atoms with Gasteiger partial charge in [-0.1, -0.05) is 18.2 Å². The van der Waals surface area contributed by atoms with E-state index in [1.165, 1.54) is 18.2 Å². The van der Waals surface area contributed by atoms with Crippen molar-refractivity contribution >= 4 is 23.2 Å². The Bertz CT molecular complexity index is 438. The third-order valence-corrected chi connectivity index (χ3v) is 2.75. The van der Waals surface area contributed by atoms with Gasteiger partial charge in [-0.05, 0) is 23.8 Å². The maximum absolute atomic E-state index is 12.1. The average molecular weight is 248 g/mol. The van der Waals surface area contributed by atoms with Crippen LogP contribution in [0.3, 0.4) is 0 Å². The highest BCUT2D eigenvalue weighted by Gasteiger charge is 2.37. The Labute approximate surface area is 92.2 Å². The number of carbonyl (C=O) groups excluding carboxylic acids is 1. The molecule has 0 fully saturated rings. The minimum atomic E-state index is -4.77. The quantitative estimate of drug-likeness (QED) is 0.608. The summed E-state index contributed by atoms with van der Waals surface area (Å²) in [6, 6.07) is 5.12. The number of alkyl halides is 3. The normalized spacial score (nSPS) is 13.9. The fourth-order valence-corrected chi connectivity index (χ4v) is 1.73. The first-order chi connectivity index (χ1) is 7.45. The summed E-state index contributed by atoms with van der Waals surface area (Å²) in [5.74, 6) is 0. The number of hydrogen-bond acceptors (Lipinski definition) is 2. The molecule has 6 heteroatoms. The third kappa shape index (κ3) is 3.30. The maximum atomic E-state index is 12.1. The SMILES string of the molecule is O=CC=Cc1cccc(S(=O)C(F)(F)F)c1. The lowest BCUT2D eigenvalue weighted by Gasteiger charge is -2.06. The molecular weight excluding hydrogens is 241 g/mol. The number of halogens is 3. The molecule has 0 aliphatic rings. The highest BCUT2D eigenvalue weighted by Crippen LogP contribution is 2.26. The van der Waals surface area contributed by atoms with E-state index in [9.17, 15) is 22.2 Å². The third-order valence-electron chi connectivity index (χ3n) is 1.65. The molecule has 0 amide bonds. The second-order valence-corrected chi connectivity index (χ2v) is 4.25. The van der Waals surface area contributed by atoms with E-state index in [0.29, 0.717) is 11.8 Å².